The molecule has 4 heterocycles. The lowest BCUT2D eigenvalue weighted by Crippen LogP contribution is -2.38. The maximum Gasteiger partial charge on any atom is 0.324 e. The van der Waals surface area contributed by atoms with Crippen molar-refractivity contribution in [1.82, 2.24) is 19.7 Å². The average Bonchev–Trinajstić information content (AvgIpc) is 3.47. The Labute approximate surface area is 191 Å². The fraction of sp³-hybridized carbons (Fsp3) is 0.375. The van der Waals surface area contributed by atoms with Crippen molar-refractivity contribution >= 4 is 28.7 Å². The van der Waals surface area contributed by atoms with Gasteiger partial charge in [0.2, 0.25) is 5.88 Å². The summed E-state index contributed by atoms with van der Waals surface area (Å²) in [7, 11) is 0. The normalized spacial score (nSPS) is 15.1. The molecule has 0 atom stereocenters. The van der Waals surface area contributed by atoms with Crippen molar-refractivity contribution in [3.05, 3.63) is 54.6 Å². The van der Waals surface area contributed by atoms with Crippen LogP contribution < -0.4 is 9.64 Å². The van der Waals surface area contributed by atoms with Gasteiger partial charge < -0.3 is 18.7 Å². The Morgan fingerprint density at radius 1 is 1.12 bits per heavy atom. The number of hydrogen-bond donors (Lipinski definition) is 0. The number of thioether (sulfide) groups is 1. The summed E-state index contributed by atoms with van der Waals surface area (Å²) < 4.78 is 13.7. The molecule has 1 aliphatic rings. The first kappa shape index (κ1) is 20.9. The molecule has 0 amide bonds. The van der Waals surface area contributed by atoms with E-state index in [0.717, 1.165) is 37.4 Å². The molecule has 5 rings (SSSR count). The minimum atomic E-state index is 0.134. The summed E-state index contributed by atoms with van der Waals surface area (Å²) in [6, 6.07) is 13.3. The molecule has 8 heteroatoms. The second kappa shape index (κ2) is 8.86. The molecule has 32 heavy (non-hydrogen) atoms. The average molecular weight is 450 g/mol. The second-order valence-electron chi connectivity index (χ2n) is 8.36. The Hall–Kier alpha value is -3.00. The first-order chi connectivity index (χ1) is 15.6. The number of nitrogens with zero attached hydrogens (tertiary/aromatic N) is 5. The van der Waals surface area contributed by atoms with Gasteiger partial charge in [-0.3, -0.25) is 0 Å². The van der Waals surface area contributed by atoms with E-state index < -0.39 is 0 Å². The van der Waals surface area contributed by atoms with Crippen molar-refractivity contribution in [3.8, 4) is 11.6 Å². The molecule has 0 radical (unpaired) electrons. The van der Waals surface area contributed by atoms with Gasteiger partial charge in [0, 0.05) is 54.4 Å². The fourth-order valence-corrected chi connectivity index (χ4v) is 4.43. The molecule has 0 N–H and O–H groups in total. The third-order valence-electron chi connectivity index (χ3n) is 5.84. The minimum absolute atomic E-state index is 0.134. The monoisotopic (exact) mass is 449 g/mol. The van der Waals surface area contributed by atoms with Crippen LogP contribution in [0, 0.1) is 0 Å². The first-order valence-electron chi connectivity index (χ1n) is 11.0. The molecule has 166 valence electrons. The summed E-state index contributed by atoms with van der Waals surface area (Å²) in [6.45, 7) is 5.78. The van der Waals surface area contributed by atoms with Crippen LogP contribution in [0.2, 0.25) is 0 Å². The molecule has 0 spiro atoms. The molecule has 0 bridgehead atoms. The highest BCUT2D eigenvalue weighted by molar-refractivity contribution is 7.98. The van der Waals surface area contributed by atoms with Gasteiger partial charge in [-0.1, -0.05) is 19.0 Å². The van der Waals surface area contributed by atoms with Crippen LogP contribution in [0.3, 0.4) is 0 Å². The van der Waals surface area contributed by atoms with Crippen LogP contribution in [0.4, 0.5) is 6.01 Å². The lowest BCUT2D eigenvalue weighted by molar-refractivity contribution is 0.162. The SMILES string of the molecule is CSc1ccc2c(ccn2-c2ccc(OC3CCN(c4nc(C(C)C)no4)CC3)nc2)c1. The largest absolute Gasteiger partial charge is 0.474 e. The summed E-state index contributed by atoms with van der Waals surface area (Å²) in [4.78, 5) is 12.5. The van der Waals surface area contributed by atoms with Gasteiger partial charge in [-0.25, -0.2) is 4.98 Å². The molecule has 0 aliphatic carbocycles. The van der Waals surface area contributed by atoms with Crippen molar-refractivity contribution in [2.45, 2.75) is 43.6 Å². The van der Waals surface area contributed by atoms with E-state index in [-0.39, 0.29) is 12.0 Å². The van der Waals surface area contributed by atoms with Gasteiger partial charge in [0.25, 0.3) is 0 Å². The molecule has 1 fully saturated rings. The zero-order valence-corrected chi connectivity index (χ0v) is 19.4. The summed E-state index contributed by atoms with van der Waals surface area (Å²) in [5.74, 6) is 1.68. The van der Waals surface area contributed by atoms with Crippen LogP contribution in [0.15, 0.2) is 58.2 Å². The summed E-state index contributed by atoms with van der Waals surface area (Å²) in [6.07, 6.45) is 7.97. The van der Waals surface area contributed by atoms with Crippen molar-refractivity contribution < 1.29 is 9.26 Å². The zero-order valence-electron chi connectivity index (χ0n) is 18.6. The topological polar surface area (TPSA) is 69.2 Å². The van der Waals surface area contributed by atoms with E-state index in [1.165, 1.54) is 15.8 Å². The molecule has 1 aromatic carbocycles. The predicted octanol–water partition coefficient (Wildman–Crippen LogP) is 5.30. The molecule has 0 saturated carbocycles. The summed E-state index contributed by atoms with van der Waals surface area (Å²) >= 11 is 1.76. The third kappa shape index (κ3) is 4.19. The molecular weight excluding hydrogens is 422 g/mol. The van der Waals surface area contributed by atoms with Crippen LogP contribution >= 0.6 is 11.8 Å². The van der Waals surface area contributed by atoms with Gasteiger partial charge in [0.15, 0.2) is 5.82 Å². The third-order valence-corrected chi connectivity index (χ3v) is 6.57. The van der Waals surface area contributed by atoms with Crippen LogP contribution in [0.5, 0.6) is 5.88 Å². The number of piperidine rings is 1. The molecule has 7 nitrogen and oxygen atoms in total. The van der Waals surface area contributed by atoms with E-state index in [9.17, 15) is 0 Å². The summed E-state index contributed by atoms with van der Waals surface area (Å²) in [5.41, 5.74) is 2.20. The fourth-order valence-electron chi connectivity index (χ4n) is 3.98. The number of fused-ring (bicyclic) bond motifs is 1. The standard InChI is InChI=1S/C24H27N5O2S/c1-16(2)23-26-24(31-27-23)28-11-9-19(10-12-28)30-22-7-4-18(15-25-22)29-13-8-17-14-20(32-3)5-6-21(17)29/h4-8,13-16,19H,9-12H2,1-3H3. The highest BCUT2D eigenvalue weighted by Crippen LogP contribution is 2.26. The van der Waals surface area contributed by atoms with Gasteiger partial charge in [0.05, 0.1) is 17.4 Å². The van der Waals surface area contributed by atoms with Gasteiger partial charge >= 0.3 is 6.01 Å². The number of aromatic nitrogens is 4. The number of hydrogen-bond acceptors (Lipinski definition) is 7. The number of benzene rings is 1. The minimum Gasteiger partial charge on any atom is -0.474 e. The number of pyridine rings is 1. The first-order valence-corrected chi connectivity index (χ1v) is 12.2. The van der Waals surface area contributed by atoms with E-state index in [4.69, 9.17) is 9.26 Å². The summed E-state index contributed by atoms with van der Waals surface area (Å²) in [5, 5.41) is 5.29. The predicted molar refractivity (Wildman–Crippen MR) is 127 cm³/mol. The van der Waals surface area contributed by atoms with E-state index >= 15 is 0 Å². The van der Waals surface area contributed by atoms with Gasteiger partial charge in [0.1, 0.15) is 6.10 Å². The van der Waals surface area contributed by atoms with Crippen molar-refractivity contribution in [3.63, 3.8) is 0 Å². The van der Waals surface area contributed by atoms with Gasteiger partial charge in [-0.05, 0) is 36.6 Å². The van der Waals surface area contributed by atoms with E-state index in [1.54, 1.807) is 11.8 Å². The number of rotatable bonds is 6. The number of ether oxygens (including phenoxy) is 1. The van der Waals surface area contributed by atoms with E-state index in [2.05, 4.69) is 81.2 Å². The Balaban J connectivity index is 1.21. The maximum absolute atomic E-state index is 6.16. The molecule has 3 aromatic heterocycles. The molecule has 4 aromatic rings. The van der Waals surface area contributed by atoms with Crippen molar-refractivity contribution in [2.24, 2.45) is 0 Å². The van der Waals surface area contributed by atoms with Crippen molar-refractivity contribution in [1.29, 1.82) is 0 Å². The zero-order chi connectivity index (χ0) is 22.1. The van der Waals surface area contributed by atoms with Gasteiger partial charge in [-0.15, -0.1) is 11.8 Å². The highest BCUT2D eigenvalue weighted by atomic mass is 32.2. The smallest absolute Gasteiger partial charge is 0.324 e. The quantitative estimate of drug-likeness (QED) is 0.370. The Morgan fingerprint density at radius 3 is 2.66 bits per heavy atom. The lowest BCUT2D eigenvalue weighted by Gasteiger charge is -2.30. The second-order valence-corrected chi connectivity index (χ2v) is 9.24. The maximum atomic E-state index is 6.16. The van der Waals surface area contributed by atoms with Crippen LogP contribution in [0.25, 0.3) is 16.6 Å². The van der Waals surface area contributed by atoms with E-state index in [1.807, 2.05) is 12.3 Å². The Kier molecular flexibility index (Phi) is 5.78. The Morgan fingerprint density at radius 2 is 1.97 bits per heavy atom. The molecule has 1 saturated heterocycles. The highest BCUT2D eigenvalue weighted by Gasteiger charge is 2.25. The molecule has 1 aliphatic heterocycles. The lowest BCUT2D eigenvalue weighted by atomic mass is 10.1. The van der Waals surface area contributed by atoms with E-state index in [0.29, 0.717) is 11.9 Å². The molecular formula is C24H27N5O2S. The molecule has 0 unspecified atom stereocenters. The number of anilines is 1. The van der Waals surface area contributed by atoms with Gasteiger partial charge in [-0.2, -0.15) is 4.98 Å². The van der Waals surface area contributed by atoms with Crippen LogP contribution in [-0.4, -0.2) is 45.1 Å². The van der Waals surface area contributed by atoms with Crippen LogP contribution in [-0.2, 0) is 0 Å². The van der Waals surface area contributed by atoms with Crippen LogP contribution in [0.1, 0.15) is 38.4 Å². The van der Waals surface area contributed by atoms with Crippen molar-refractivity contribution in [2.75, 3.05) is 24.2 Å². The Bertz CT molecular complexity index is 1190.